The minimum Gasteiger partial charge on any atom is -0.396 e. The topological polar surface area (TPSA) is 32.3 Å². The van der Waals surface area contributed by atoms with Crippen molar-refractivity contribution < 1.29 is 5.11 Å². The van der Waals surface area contributed by atoms with Crippen molar-refractivity contribution in [3.05, 3.63) is 0 Å². The molecule has 0 spiro atoms. The molecule has 2 N–H and O–H groups in total. The molecule has 10 heavy (non-hydrogen) atoms. The summed E-state index contributed by atoms with van der Waals surface area (Å²) < 4.78 is 0. The van der Waals surface area contributed by atoms with Crippen molar-refractivity contribution in [2.24, 2.45) is 5.92 Å². The highest BCUT2D eigenvalue weighted by molar-refractivity contribution is 4.53. The number of nitrogens with one attached hydrogen (secondary N) is 1. The molecule has 0 aliphatic heterocycles. The van der Waals surface area contributed by atoms with Gasteiger partial charge in [-0.25, -0.2) is 0 Å². The van der Waals surface area contributed by atoms with Crippen LogP contribution in [0.1, 0.15) is 26.7 Å². The maximum atomic E-state index is 8.45. The molecule has 0 aromatic rings. The van der Waals surface area contributed by atoms with Gasteiger partial charge in [0.15, 0.2) is 0 Å². The van der Waals surface area contributed by atoms with Crippen molar-refractivity contribution in [1.29, 1.82) is 0 Å². The summed E-state index contributed by atoms with van der Waals surface area (Å²) in [5.74, 6) is 0.763. The fraction of sp³-hybridized carbons (Fsp3) is 1.00. The van der Waals surface area contributed by atoms with Crippen molar-refractivity contribution in [3.8, 4) is 0 Å². The molecule has 0 amide bonds. The number of hydrogen-bond acceptors (Lipinski definition) is 2. The van der Waals surface area contributed by atoms with Gasteiger partial charge in [0.05, 0.1) is 0 Å². The Hall–Kier alpha value is -0.0800. The van der Waals surface area contributed by atoms with Gasteiger partial charge in [0, 0.05) is 6.61 Å². The summed E-state index contributed by atoms with van der Waals surface area (Å²) in [4.78, 5) is 0. The van der Waals surface area contributed by atoms with Gasteiger partial charge in [0.25, 0.3) is 0 Å². The first kappa shape index (κ1) is 9.92. The Morgan fingerprint density at radius 1 is 1.50 bits per heavy atom. The lowest BCUT2D eigenvalue weighted by Crippen LogP contribution is -2.22. The van der Waals surface area contributed by atoms with E-state index >= 15 is 0 Å². The van der Waals surface area contributed by atoms with Crippen LogP contribution in [0.2, 0.25) is 0 Å². The summed E-state index contributed by atoms with van der Waals surface area (Å²) in [6, 6.07) is 0. The molecule has 0 fully saturated rings. The van der Waals surface area contributed by atoms with Gasteiger partial charge in [-0.2, -0.15) is 0 Å². The first-order chi connectivity index (χ1) is 4.81. The van der Waals surface area contributed by atoms with Crippen molar-refractivity contribution in [2.45, 2.75) is 26.7 Å². The zero-order valence-electron chi connectivity index (χ0n) is 7.06. The number of hydrogen-bond donors (Lipinski definition) is 2. The molecule has 0 aromatic heterocycles. The first-order valence-electron chi connectivity index (χ1n) is 4.12. The van der Waals surface area contributed by atoms with Crippen LogP contribution in [0.4, 0.5) is 0 Å². The van der Waals surface area contributed by atoms with Crippen LogP contribution in [0.5, 0.6) is 0 Å². The summed E-state index contributed by atoms with van der Waals surface area (Å²) in [6.45, 7) is 6.75. The highest BCUT2D eigenvalue weighted by Gasteiger charge is 1.95. The lowest BCUT2D eigenvalue weighted by Gasteiger charge is -2.08. The number of aliphatic hydroxyl groups is 1. The molecule has 62 valence electrons. The third-order valence-corrected chi connectivity index (χ3v) is 1.70. The van der Waals surface area contributed by atoms with E-state index in [0.717, 1.165) is 25.4 Å². The standard InChI is InChI=1S/C8H19NO/c1-3-8(2)7-9-5-4-6-10/h8-10H,3-7H2,1-2H3/t8-/m1/s1. The molecule has 1 atom stereocenters. The molecule has 2 nitrogen and oxygen atoms in total. The van der Waals surface area contributed by atoms with E-state index in [1.54, 1.807) is 0 Å². The molecule has 0 saturated carbocycles. The highest BCUT2D eigenvalue weighted by atomic mass is 16.3. The van der Waals surface area contributed by atoms with Crippen molar-refractivity contribution in [1.82, 2.24) is 5.32 Å². The quantitative estimate of drug-likeness (QED) is 0.547. The van der Waals surface area contributed by atoms with Crippen molar-refractivity contribution in [3.63, 3.8) is 0 Å². The molecule has 0 saturated heterocycles. The highest BCUT2D eigenvalue weighted by Crippen LogP contribution is 1.96. The fourth-order valence-corrected chi connectivity index (χ4v) is 0.697. The van der Waals surface area contributed by atoms with Crippen LogP contribution in [-0.2, 0) is 0 Å². The maximum absolute atomic E-state index is 8.45. The van der Waals surface area contributed by atoms with Gasteiger partial charge in [-0.15, -0.1) is 0 Å². The van der Waals surface area contributed by atoms with Gasteiger partial charge in [-0.3, -0.25) is 0 Å². The Balaban J connectivity index is 2.89. The van der Waals surface area contributed by atoms with Crippen molar-refractivity contribution in [2.75, 3.05) is 19.7 Å². The van der Waals surface area contributed by atoms with Crippen LogP contribution in [0, 0.1) is 5.92 Å². The van der Waals surface area contributed by atoms with E-state index in [2.05, 4.69) is 19.2 Å². The second-order valence-electron chi connectivity index (χ2n) is 2.79. The van der Waals surface area contributed by atoms with Crippen LogP contribution in [0.3, 0.4) is 0 Å². The molecule has 0 bridgehead atoms. The summed E-state index contributed by atoms with van der Waals surface area (Å²) >= 11 is 0. The van der Waals surface area contributed by atoms with Crippen LogP contribution in [0.15, 0.2) is 0 Å². The van der Waals surface area contributed by atoms with Crippen LogP contribution in [-0.4, -0.2) is 24.8 Å². The minimum absolute atomic E-state index is 0.299. The van der Waals surface area contributed by atoms with Crippen LogP contribution >= 0.6 is 0 Å². The molecule has 0 unspecified atom stereocenters. The molecule has 0 aliphatic rings. The monoisotopic (exact) mass is 145 g/mol. The van der Waals surface area contributed by atoms with Crippen molar-refractivity contribution >= 4 is 0 Å². The van der Waals surface area contributed by atoms with E-state index in [-0.39, 0.29) is 0 Å². The SMILES string of the molecule is CC[C@@H](C)CNCCCO. The lowest BCUT2D eigenvalue weighted by molar-refractivity contribution is 0.284. The van der Waals surface area contributed by atoms with Gasteiger partial charge in [0.2, 0.25) is 0 Å². The summed E-state index contributed by atoms with van der Waals surface area (Å²) in [5.41, 5.74) is 0. The number of rotatable bonds is 6. The van der Waals surface area contributed by atoms with E-state index < -0.39 is 0 Å². The van der Waals surface area contributed by atoms with Gasteiger partial charge < -0.3 is 10.4 Å². The minimum atomic E-state index is 0.299. The Labute approximate surface area is 63.6 Å². The smallest absolute Gasteiger partial charge is 0.0443 e. The Morgan fingerprint density at radius 3 is 2.70 bits per heavy atom. The summed E-state index contributed by atoms with van der Waals surface area (Å²) in [7, 11) is 0. The lowest BCUT2D eigenvalue weighted by atomic mass is 10.1. The second-order valence-corrected chi connectivity index (χ2v) is 2.79. The zero-order chi connectivity index (χ0) is 7.82. The Morgan fingerprint density at radius 2 is 2.20 bits per heavy atom. The van der Waals surface area contributed by atoms with E-state index in [9.17, 15) is 0 Å². The van der Waals surface area contributed by atoms with Gasteiger partial charge in [-0.05, 0) is 25.4 Å². The van der Waals surface area contributed by atoms with E-state index in [1.165, 1.54) is 6.42 Å². The largest absolute Gasteiger partial charge is 0.396 e. The molecular weight excluding hydrogens is 126 g/mol. The molecular formula is C8H19NO. The molecule has 0 rings (SSSR count). The maximum Gasteiger partial charge on any atom is 0.0443 e. The van der Waals surface area contributed by atoms with E-state index in [0.29, 0.717) is 6.61 Å². The Kier molecular flexibility index (Phi) is 6.98. The van der Waals surface area contributed by atoms with Crippen LogP contribution in [0.25, 0.3) is 0 Å². The van der Waals surface area contributed by atoms with Gasteiger partial charge >= 0.3 is 0 Å². The molecule has 0 aliphatic carbocycles. The summed E-state index contributed by atoms with van der Waals surface area (Å²) in [5, 5.41) is 11.7. The fourth-order valence-electron chi connectivity index (χ4n) is 0.697. The average molecular weight is 145 g/mol. The molecule has 0 aromatic carbocycles. The molecule has 0 radical (unpaired) electrons. The average Bonchev–Trinajstić information content (AvgIpc) is 1.98. The molecule has 2 heteroatoms. The summed E-state index contributed by atoms with van der Waals surface area (Å²) in [6.07, 6.45) is 2.10. The van der Waals surface area contributed by atoms with Gasteiger partial charge in [-0.1, -0.05) is 20.3 Å². The Bertz CT molecular complexity index is 66.3. The molecule has 0 heterocycles. The zero-order valence-corrected chi connectivity index (χ0v) is 7.06. The predicted molar refractivity (Wildman–Crippen MR) is 44.0 cm³/mol. The van der Waals surface area contributed by atoms with Gasteiger partial charge in [0.1, 0.15) is 0 Å². The van der Waals surface area contributed by atoms with Crippen LogP contribution < -0.4 is 5.32 Å². The van der Waals surface area contributed by atoms with E-state index in [4.69, 9.17) is 5.11 Å². The predicted octanol–water partition coefficient (Wildman–Crippen LogP) is 1.00. The van der Waals surface area contributed by atoms with E-state index in [1.807, 2.05) is 0 Å². The normalized spacial score (nSPS) is 13.5. The third kappa shape index (κ3) is 6.05. The third-order valence-electron chi connectivity index (χ3n) is 1.70. The second kappa shape index (κ2) is 7.03. The number of aliphatic hydroxyl groups excluding tert-OH is 1. The first-order valence-corrected chi connectivity index (χ1v) is 4.12.